The Kier molecular flexibility index (Phi) is 2.93. The fraction of sp³-hybridized carbons (Fsp3) is 0.231. The summed E-state index contributed by atoms with van der Waals surface area (Å²) in [6, 6.07) is 4.37. The number of carbonyl (C=O) groups is 3. The van der Waals surface area contributed by atoms with Gasteiger partial charge >= 0.3 is 5.97 Å². The second-order valence-electron chi connectivity index (χ2n) is 4.62. The van der Waals surface area contributed by atoms with Crippen LogP contribution in [0.2, 0.25) is 0 Å². The lowest BCUT2D eigenvalue weighted by Gasteiger charge is -2.25. The predicted octanol–water partition coefficient (Wildman–Crippen LogP) is 0.808. The summed E-state index contributed by atoms with van der Waals surface area (Å²) in [6.45, 7) is 0. The van der Waals surface area contributed by atoms with Crippen molar-refractivity contribution in [1.29, 1.82) is 0 Å². The van der Waals surface area contributed by atoms with Crippen molar-refractivity contribution in [2.24, 2.45) is 5.16 Å². The molecular formula is C13H9FN2O5. The number of fused-ring (bicyclic) bond motifs is 1. The fourth-order valence-electron chi connectivity index (χ4n) is 2.43. The highest BCUT2D eigenvalue weighted by Crippen LogP contribution is 2.28. The maximum atomic E-state index is 13.0. The van der Waals surface area contributed by atoms with Gasteiger partial charge in [0.15, 0.2) is 12.1 Å². The molecule has 21 heavy (non-hydrogen) atoms. The summed E-state index contributed by atoms with van der Waals surface area (Å²) in [4.78, 5) is 41.2. The Bertz CT molecular complexity index is 652. The van der Waals surface area contributed by atoms with Crippen LogP contribution >= 0.6 is 0 Å². The Labute approximate surface area is 117 Å². The van der Waals surface area contributed by atoms with E-state index >= 15 is 0 Å². The van der Waals surface area contributed by atoms with Crippen LogP contribution in [0.1, 0.15) is 27.1 Å². The Morgan fingerprint density at radius 2 is 1.90 bits per heavy atom. The van der Waals surface area contributed by atoms with Crippen LogP contribution in [0.15, 0.2) is 29.4 Å². The molecule has 1 aromatic carbocycles. The number of amides is 2. The minimum Gasteiger partial charge on any atom is -0.480 e. The Morgan fingerprint density at radius 1 is 1.33 bits per heavy atom. The molecule has 2 amide bonds. The molecule has 8 heteroatoms. The van der Waals surface area contributed by atoms with Crippen molar-refractivity contribution in [3.05, 3.63) is 35.4 Å². The van der Waals surface area contributed by atoms with Crippen LogP contribution in [0.3, 0.4) is 0 Å². The molecule has 2 aliphatic heterocycles. The number of carbonyl (C=O) groups excluding carboxylic acids is 2. The quantitative estimate of drug-likeness (QED) is 0.831. The van der Waals surface area contributed by atoms with Crippen LogP contribution in [0.4, 0.5) is 4.39 Å². The molecule has 0 aromatic heterocycles. The largest absolute Gasteiger partial charge is 0.480 e. The number of carboxylic acids is 1. The molecule has 2 unspecified atom stereocenters. The summed E-state index contributed by atoms with van der Waals surface area (Å²) in [6.07, 6.45) is -1.63. The molecule has 108 valence electrons. The van der Waals surface area contributed by atoms with Gasteiger partial charge in [-0.2, -0.15) is 4.39 Å². The third kappa shape index (κ3) is 1.95. The molecule has 0 radical (unpaired) electrons. The third-order valence-corrected chi connectivity index (χ3v) is 3.37. The highest BCUT2D eigenvalue weighted by Gasteiger charge is 2.48. The molecule has 3 rings (SSSR count). The summed E-state index contributed by atoms with van der Waals surface area (Å²) in [5.74, 6) is -3.81. The maximum Gasteiger partial charge on any atom is 0.330 e. The molecule has 7 nitrogen and oxygen atoms in total. The van der Waals surface area contributed by atoms with E-state index in [0.29, 0.717) is 4.90 Å². The minimum atomic E-state index is -1.63. The SMILES string of the molecule is O=C(O)C(C1CC(F)=NO1)N1C(=O)c2ccccc2C1=O. The second kappa shape index (κ2) is 4.65. The predicted molar refractivity (Wildman–Crippen MR) is 66.4 cm³/mol. The molecule has 2 atom stereocenters. The lowest BCUT2D eigenvalue weighted by Crippen LogP contribution is -2.51. The number of nitrogens with zero attached hydrogens (tertiary/aromatic N) is 2. The number of rotatable bonds is 3. The van der Waals surface area contributed by atoms with Gasteiger partial charge in [-0.1, -0.05) is 17.3 Å². The van der Waals surface area contributed by atoms with E-state index in [1.165, 1.54) is 12.1 Å². The smallest absolute Gasteiger partial charge is 0.330 e. The first-order valence-corrected chi connectivity index (χ1v) is 6.08. The number of halogens is 1. The monoisotopic (exact) mass is 292 g/mol. The molecular weight excluding hydrogens is 283 g/mol. The van der Waals surface area contributed by atoms with Gasteiger partial charge < -0.3 is 9.94 Å². The van der Waals surface area contributed by atoms with Crippen molar-refractivity contribution in [1.82, 2.24) is 4.90 Å². The molecule has 0 saturated carbocycles. The zero-order valence-corrected chi connectivity index (χ0v) is 10.5. The number of hydrogen-bond donors (Lipinski definition) is 1. The van der Waals surface area contributed by atoms with Crippen molar-refractivity contribution in [2.75, 3.05) is 0 Å². The van der Waals surface area contributed by atoms with Gasteiger partial charge in [0.1, 0.15) is 0 Å². The molecule has 2 aliphatic rings. The van der Waals surface area contributed by atoms with E-state index in [-0.39, 0.29) is 11.1 Å². The van der Waals surface area contributed by atoms with Crippen LogP contribution in [0.5, 0.6) is 0 Å². The van der Waals surface area contributed by atoms with Gasteiger partial charge in [-0.15, -0.1) is 0 Å². The van der Waals surface area contributed by atoms with Crippen molar-refractivity contribution in [3.8, 4) is 0 Å². The summed E-state index contributed by atoms with van der Waals surface area (Å²) in [7, 11) is 0. The molecule has 0 bridgehead atoms. The molecule has 1 aromatic rings. The number of carboxylic acid groups (broad SMARTS) is 1. The molecule has 0 spiro atoms. The highest BCUT2D eigenvalue weighted by molar-refractivity contribution is 6.22. The van der Waals surface area contributed by atoms with Gasteiger partial charge in [-0.05, 0) is 12.1 Å². The normalized spacial score (nSPS) is 21.9. The van der Waals surface area contributed by atoms with Crippen molar-refractivity contribution >= 4 is 23.7 Å². The average Bonchev–Trinajstić information content (AvgIpc) is 2.97. The Morgan fingerprint density at radius 3 is 2.33 bits per heavy atom. The van der Waals surface area contributed by atoms with E-state index in [0.717, 1.165) is 0 Å². The molecule has 0 saturated heterocycles. The van der Waals surface area contributed by atoms with Gasteiger partial charge in [0.05, 0.1) is 17.5 Å². The first-order valence-electron chi connectivity index (χ1n) is 6.08. The molecule has 0 aliphatic carbocycles. The van der Waals surface area contributed by atoms with Crippen LogP contribution in [-0.4, -0.2) is 45.9 Å². The van der Waals surface area contributed by atoms with Gasteiger partial charge in [0, 0.05) is 0 Å². The van der Waals surface area contributed by atoms with Crippen LogP contribution in [0, 0.1) is 0 Å². The van der Waals surface area contributed by atoms with E-state index in [1.54, 1.807) is 12.1 Å². The van der Waals surface area contributed by atoms with Gasteiger partial charge in [0.2, 0.25) is 5.97 Å². The van der Waals surface area contributed by atoms with E-state index in [4.69, 9.17) is 0 Å². The zero-order valence-electron chi connectivity index (χ0n) is 10.5. The van der Waals surface area contributed by atoms with Gasteiger partial charge in [-0.25, -0.2) is 4.79 Å². The van der Waals surface area contributed by atoms with Crippen LogP contribution < -0.4 is 0 Å². The minimum absolute atomic E-state index is 0.119. The molecule has 1 N–H and O–H groups in total. The average molecular weight is 292 g/mol. The van der Waals surface area contributed by atoms with E-state index in [1.807, 2.05) is 0 Å². The second-order valence-corrected chi connectivity index (χ2v) is 4.62. The van der Waals surface area contributed by atoms with Crippen LogP contribution in [-0.2, 0) is 9.63 Å². The molecule has 2 heterocycles. The lowest BCUT2D eigenvalue weighted by atomic mass is 10.1. The molecule has 0 fully saturated rings. The van der Waals surface area contributed by atoms with Gasteiger partial charge in [0.25, 0.3) is 11.8 Å². The van der Waals surface area contributed by atoms with E-state index in [9.17, 15) is 23.9 Å². The fourth-order valence-corrected chi connectivity index (χ4v) is 2.43. The van der Waals surface area contributed by atoms with Crippen LogP contribution in [0.25, 0.3) is 0 Å². The summed E-state index contributed by atoms with van der Waals surface area (Å²) < 4.78 is 13.0. The highest BCUT2D eigenvalue weighted by atomic mass is 19.1. The summed E-state index contributed by atoms with van der Waals surface area (Å²) >= 11 is 0. The van der Waals surface area contributed by atoms with E-state index in [2.05, 4.69) is 9.99 Å². The van der Waals surface area contributed by atoms with Gasteiger partial charge in [-0.3, -0.25) is 14.5 Å². The Balaban J connectivity index is 1.97. The number of imide groups is 1. The maximum absolute atomic E-state index is 13.0. The lowest BCUT2D eigenvalue weighted by molar-refractivity contribution is -0.146. The van der Waals surface area contributed by atoms with E-state index < -0.39 is 42.3 Å². The zero-order chi connectivity index (χ0) is 15.1. The van der Waals surface area contributed by atoms with Crippen molar-refractivity contribution < 1.29 is 28.7 Å². The first-order chi connectivity index (χ1) is 10.0. The number of aliphatic carboxylic acids is 1. The van der Waals surface area contributed by atoms with Crippen molar-refractivity contribution in [2.45, 2.75) is 18.6 Å². The number of benzene rings is 1. The number of oxime groups is 1. The Hall–Kier alpha value is -2.77. The third-order valence-electron chi connectivity index (χ3n) is 3.37. The topological polar surface area (TPSA) is 96.3 Å². The number of hydrogen-bond acceptors (Lipinski definition) is 5. The summed E-state index contributed by atoms with van der Waals surface area (Å²) in [5, 5.41) is 12.3. The first kappa shape index (κ1) is 13.2. The van der Waals surface area contributed by atoms with Crippen molar-refractivity contribution in [3.63, 3.8) is 0 Å². The standard InChI is InChI=1S/C13H9FN2O5/c14-9-5-8(21-15-9)10(13(19)20)16-11(17)6-3-1-2-4-7(6)12(16)18/h1-4,8,10H,5H2,(H,19,20). The summed E-state index contributed by atoms with van der Waals surface area (Å²) in [5.41, 5.74) is 0.237.